The van der Waals surface area contributed by atoms with Crippen LogP contribution in [0.3, 0.4) is 0 Å². The van der Waals surface area contributed by atoms with Crippen LogP contribution in [0.2, 0.25) is 0 Å². The van der Waals surface area contributed by atoms with Gasteiger partial charge in [-0.1, -0.05) is 36.4 Å². The van der Waals surface area contributed by atoms with Crippen LogP contribution in [0.1, 0.15) is 29.8 Å². The molecule has 0 spiro atoms. The van der Waals surface area contributed by atoms with Gasteiger partial charge in [-0.3, -0.25) is 14.4 Å². The number of methoxy groups -OCH3 is 1. The highest BCUT2D eigenvalue weighted by atomic mass is 32.2. The van der Waals surface area contributed by atoms with Crippen LogP contribution in [-0.4, -0.2) is 41.7 Å². The number of ether oxygens (including phenoxy) is 2. The summed E-state index contributed by atoms with van der Waals surface area (Å²) in [6.07, 6.45) is 1.60. The van der Waals surface area contributed by atoms with Crippen LogP contribution >= 0.6 is 23.1 Å². The minimum Gasteiger partial charge on any atom is -0.497 e. The van der Waals surface area contributed by atoms with Crippen molar-refractivity contribution >= 4 is 57.7 Å². The largest absolute Gasteiger partial charge is 0.497 e. The standard InChI is InChI=1S/C37H34N4O5S2/c1-4-46-30-19-15-26(16-20-30)33-23-47-37(40-33)41-34(42)24(2)48-31-12-8-11-28(22-31)38-36(44)32(21-25-13-17-29(45-3)18-14-25)39-35(43)27-9-6-5-7-10-27/h5-24H,4H2,1-3H3,(H,38,44)(H,39,43)(H,40,41,42)/b32-21+. The van der Waals surface area contributed by atoms with Crippen molar-refractivity contribution in [2.45, 2.75) is 24.0 Å². The van der Waals surface area contributed by atoms with Crippen LogP contribution in [0.15, 0.2) is 119 Å². The number of anilines is 2. The fraction of sp³-hybridized carbons (Fsp3) is 0.135. The summed E-state index contributed by atoms with van der Waals surface area (Å²) in [4.78, 5) is 44.9. The van der Waals surface area contributed by atoms with Crippen molar-refractivity contribution < 1.29 is 23.9 Å². The van der Waals surface area contributed by atoms with Gasteiger partial charge in [0.05, 0.1) is 24.7 Å². The first-order chi connectivity index (χ1) is 23.3. The summed E-state index contributed by atoms with van der Waals surface area (Å²) < 4.78 is 10.7. The van der Waals surface area contributed by atoms with Crippen LogP contribution in [0.5, 0.6) is 11.5 Å². The predicted molar refractivity (Wildman–Crippen MR) is 193 cm³/mol. The monoisotopic (exact) mass is 678 g/mol. The Morgan fingerprint density at radius 2 is 1.62 bits per heavy atom. The van der Waals surface area contributed by atoms with Crippen LogP contribution in [0.4, 0.5) is 10.8 Å². The maximum atomic E-state index is 13.5. The summed E-state index contributed by atoms with van der Waals surface area (Å²) in [6.45, 7) is 4.34. The lowest BCUT2D eigenvalue weighted by Crippen LogP contribution is -2.30. The molecule has 0 radical (unpaired) electrons. The quantitative estimate of drug-likeness (QED) is 0.0861. The van der Waals surface area contributed by atoms with Crippen LogP contribution in [0, 0.1) is 0 Å². The fourth-order valence-corrected chi connectivity index (χ4v) is 6.12. The third kappa shape index (κ3) is 9.34. The average molecular weight is 679 g/mol. The molecule has 0 aliphatic carbocycles. The highest BCUT2D eigenvalue weighted by molar-refractivity contribution is 8.00. The topological polar surface area (TPSA) is 119 Å². The summed E-state index contributed by atoms with van der Waals surface area (Å²) in [7, 11) is 1.57. The van der Waals surface area contributed by atoms with Crippen LogP contribution < -0.4 is 25.4 Å². The Morgan fingerprint density at radius 1 is 0.896 bits per heavy atom. The van der Waals surface area contributed by atoms with Crippen molar-refractivity contribution in [1.82, 2.24) is 10.3 Å². The Balaban J connectivity index is 1.23. The predicted octanol–water partition coefficient (Wildman–Crippen LogP) is 7.75. The number of hydrogen-bond acceptors (Lipinski definition) is 8. The molecule has 0 aliphatic heterocycles. The van der Waals surface area contributed by atoms with Gasteiger partial charge in [-0.15, -0.1) is 23.1 Å². The highest BCUT2D eigenvalue weighted by Crippen LogP contribution is 2.29. The Hall–Kier alpha value is -5.39. The van der Waals surface area contributed by atoms with E-state index in [0.717, 1.165) is 21.9 Å². The highest BCUT2D eigenvalue weighted by Gasteiger charge is 2.18. The van der Waals surface area contributed by atoms with E-state index in [1.807, 2.05) is 48.7 Å². The van der Waals surface area contributed by atoms with Gasteiger partial charge in [0.2, 0.25) is 5.91 Å². The van der Waals surface area contributed by atoms with Crippen molar-refractivity contribution in [3.63, 3.8) is 0 Å². The molecule has 48 heavy (non-hydrogen) atoms. The van der Waals surface area contributed by atoms with Gasteiger partial charge >= 0.3 is 0 Å². The lowest BCUT2D eigenvalue weighted by Gasteiger charge is -2.14. The average Bonchev–Trinajstić information content (AvgIpc) is 3.57. The number of rotatable bonds is 13. The maximum absolute atomic E-state index is 13.5. The molecule has 0 aliphatic rings. The molecule has 0 saturated heterocycles. The number of nitrogens with one attached hydrogen (secondary N) is 3. The lowest BCUT2D eigenvalue weighted by atomic mass is 10.1. The number of carbonyl (C=O) groups excluding carboxylic acids is 3. The Morgan fingerprint density at radius 3 is 2.33 bits per heavy atom. The molecule has 1 heterocycles. The van der Waals surface area contributed by atoms with Gasteiger partial charge in [-0.2, -0.15) is 0 Å². The van der Waals surface area contributed by atoms with E-state index in [9.17, 15) is 14.4 Å². The number of thioether (sulfide) groups is 1. The molecule has 0 saturated carbocycles. The summed E-state index contributed by atoms with van der Waals surface area (Å²) in [5.41, 5.74) is 3.38. The number of nitrogens with zero attached hydrogens (tertiary/aromatic N) is 1. The molecule has 244 valence electrons. The first-order valence-electron chi connectivity index (χ1n) is 15.1. The molecular weight excluding hydrogens is 645 g/mol. The van der Waals surface area contributed by atoms with Gasteiger partial charge in [-0.25, -0.2) is 4.98 Å². The van der Waals surface area contributed by atoms with E-state index in [2.05, 4.69) is 20.9 Å². The first kappa shape index (κ1) is 34.0. The first-order valence-corrected chi connectivity index (χ1v) is 16.9. The molecule has 11 heteroatoms. The normalized spacial score (nSPS) is 11.7. The van der Waals surface area contributed by atoms with Crippen molar-refractivity contribution in [3.05, 3.63) is 125 Å². The number of hydrogen-bond donors (Lipinski definition) is 3. The second-order valence-electron chi connectivity index (χ2n) is 10.4. The molecule has 5 rings (SSSR count). The molecule has 9 nitrogen and oxygen atoms in total. The zero-order valence-corrected chi connectivity index (χ0v) is 28.2. The van der Waals surface area contributed by atoms with Crippen LogP contribution in [-0.2, 0) is 9.59 Å². The molecule has 0 bridgehead atoms. The second-order valence-corrected chi connectivity index (χ2v) is 12.7. The van der Waals surface area contributed by atoms with Gasteiger partial charge in [0.15, 0.2) is 5.13 Å². The van der Waals surface area contributed by atoms with E-state index in [0.29, 0.717) is 34.3 Å². The second kappa shape index (κ2) is 16.4. The molecule has 5 aromatic rings. The van der Waals surface area contributed by atoms with Crippen molar-refractivity contribution in [3.8, 4) is 22.8 Å². The number of carbonyl (C=O) groups is 3. The van der Waals surface area contributed by atoms with E-state index < -0.39 is 17.1 Å². The number of thiazole rings is 1. The smallest absolute Gasteiger partial charge is 0.272 e. The summed E-state index contributed by atoms with van der Waals surface area (Å²) >= 11 is 2.70. The zero-order chi connectivity index (χ0) is 33.9. The van der Waals surface area contributed by atoms with Gasteiger partial charge < -0.3 is 25.4 Å². The van der Waals surface area contributed by atoms with E-state index in [1.165, 1.54) is 23.1 Å². The zero-order valence-electron chi connectivity index (χ0n) is 26.6. The van der Waals surface area contributed by atoms with Crippen LogP contribution in [0.25, 0.3) is 17.3 Å². The SMILES string of the molecule is CCOc1ccc(-c2csc(NC(=O)C(C)Sc3cccc(NC(=O)/C(=C\c4ccc(OC)cc4)NC(=O)c4ccccc4)c3)n2)cc1. The molecule has 1 atom stereocenters. The maximum Gasteiger partial charge on any atom is 0.272 e. The molecule has 1 aromatic heterocycles. The molecule has 4 aromatic carbocycles. The third-order valence-electron chi connectivity index (χ3n) is 6.93. The van der Waals surface area contributed by atoms with Gasteiger partial charge in [0, 0.05) is 27.1 Å². The molecule has 0 fully saturated rings. The fourth-order valence-electron chi connectivity index (χ4n) is 4.47. The lowest BCUT2D eigenvalue weighted by molar-refractivity contribution is -0.115. The molecule has 3 amide bonds. The number of benzene rings is 4. The summed E-state index contributed by atoms with van der Waals surface area (Å²) in [5.74, 6) is 0.343. The van der Waals surface area contributed by atoms with E-state index >= 15 is 0 Å². The minimum absolute atomic E-state index is 0.0628. The van der Waals surface area contributed by atoms with Crippen molar-refractivity contribution in [2.75, 3.05) is 24.4 Å². The number of aromatic nitrogens is 1. The molecular formula is C37H34N4O5S2. The van der Waals surface area contributed by atoms with Crippen molar-refractivity contribution in [1.29, 1.82) is 0 Å². The summed E-state index contributed by atoms with van der Waals surface area (Å²) in [6, 6.07) is 30.6. The van der Waals surface area contributed by atoms with E-state index in [4.69, 9.17) is 9.47 Å². The Bertz CT molecular complexity index is 1890. The van der Waals surface area contributed by atoms with E-state index in [-0.39, 0.29) is 11.6 Å². The number of amides is 3. The third-order valence-corrected chi connectivity index (χ3v) is 8.78. The Labute approximate surface area is 287 Å². The Kier molecular flexibility index (Phi) is 11.6. The van der Waals surface area contributed by atoms with E-state index in [1.54, 1.807) is 86.8 Å². The molecule has 1 unspecified atom stereocenters. The van der Waals surface area contributed by atoms with Gasteiger partial charge in [0.1, 0.15) is 17.2 Å². The summed E-state index contributed by atoms with van der Waals surface area (Å²) in [5, 5.41) is 10.5. The van der Waals surface area contributed by atoms with Gasteiger partial charge in [0.25, 0.3) is 11.8 Å². The van der Waals surface area contributed by atoms with Gasteiger partial charge in [-0.05, 0) is 92.2 Å². The van der Waals surface area contributed by atoms with Crippen molar-refractivity contribution in [2.24, 2.45) is 0 Å². The minimum atomic E-state index is -0.504. The molecule has 3 N–H and O–H groups in total.